The molecule has 0 bridgehead atoms. The normalized spacial score (nSPS) is 19.3. The zero-order valence-corrected chi connectivity index (χ0v) is 13.3. The quantitative estimate of drug-likeness (QED) is 0.786. The lowest BCUT2D eigenvalue weighted by Crippen LogP contribution is -2.13. The predicted octanol–water partition coefficient (Wildman–Crippen LogP) is 2.62. The van der Waals surface area contributed by atoms with Crippen molar-refractivity contribution in [1.29, 1.82) is 0 Å². The molecule has 1 heterocycles. The maximum atomic E-state index is 9.90. The maximum Gasteiger partial charge on any atom is 0.165 e. The topological polar surface area (TPSA) is 79.2 Å². The fourth-order valence-electron chi connectivity index (χ4n) is 3.01. The van der Waals surface area contributed by atoms with Crippen LogP contribution in [0.3, 0.4) is 0 Å². The zero-order chi connectivity index (χ0) is 17.1. The number of aliphatic hydroxyl groups excluding tert-OH is 2. The summed E-state index contributed by atoms with van der Waals surface area (Å²) in [5.41, 5.74) is 2.61. The van der Waals surface area contributed by atoms with Crippen LogP contribution in [0.5, 0.6) is 17.2 Å². The lowest BCUT2D eigenvalue weighted by atomic mass is 9.90. The summed E-state index contributed by atoms with van der Waals surface area (Å²) in [6.45, 7) is -0.121. The monoisotopic (exact) mass is 328 g/mol. The highest BCUT2D eigenvalue weighted by Crippen LogP contribution is 2.50. The summed E-state index contributed by atoms with van der Waals surface area (Å²) in [4.78, 5) is 0. The largest absolute Gasteiger partial charge is 0.508 e. The number of hydrogen-bond acceptors (Lipinski definition) is 5. The van der Waals surface area contributed by atoms with E-state index in [2.05, 4.69) is 0 Å². The number of fused-ring (bicyclic) bond motifs is 1. The smallest absolute Gasteiger partial charge is 0.165 e. The molecule has 2 atom stereocenters. The van der Waals surface area contributed by atoms with Gasteiger partial charge in [-0.15, -0.1) is 0 Å². The van der Waals surface area contributed by atoms with E-state index in [1.165, 1.54) is 0 Å². The summed E-state index contributed by atoms with van der Waals surface area (Å²) in [6.07, 6.45) is 3.09. The summed E-state index contributed by atoms with van der Waals surface area (Å²) in [7, 11) is 1.57. The second-order valence-corrected chi connectivity index (χ2v) is 5.65. The molecule has 2 aromatic rings. The third kappa shape index (κ3) is 2.96. The number of phenolic OH excluding ortho intramolecular Hbond substituents is 1. The minimum absolute atomic E-state index is 0.0462. The molecule has 0 amide bonds. The van der Waals surface area contributed by atoms with E-state index in [1.54, 1.807) is 43.5 Å². The van der Waals surface area contributed by atoms with E-state index in [0.717, 1.165) is 16.7 Å². The second-order valence-electron chi connectivity index (χ2n) is 5.65. The molecule has 0 spiro atoms. The number of ether oxygens (including phenoxy) is 2. The molecule has 3 N–H and O–H groups in total. The summed E-state index contributed by atoms with van der Waals surface area (Å²) in [5, 5.41) is 28.3. The summed E-state index contributed by atoms with van der Waals surface area (Å²) in [5.74, 6) is 1.16. The molecule has 5 nitrogen and oxygen atoms in total. The van der Waals surface area contributed by atoms with Gasteiger partial charge in [-0.25, -0.2) is 0 Å². The fourth-order valence-corrected chi connectivity index (χ4v) is 3.01. The molecule has 1 aliphatic heterocycles. The van der Waals surface area contributed by atoms with Crippen LogP contribution in [0.4, 0.5) is 0 Å². The Bertz CT molecular complexity index is 736. The molecule has 0 unspecified atom stereocenters. The number of methoxy groups -OCH3 is 1. The van der Waals surface area contributed by atoms with Gasteiger partial charge in [0.1, 0.15) is 11.9 Å². The van der Waals surface area contributed by atoms with E-state index in [1.807, 2.05) is 12.1 Å². The standard InChI is InChI=1S/C19H20O5/c1-23-17-10-12(3-2-8-20)9-15-16(11-21)18(24-19(15)17)13-4-6-14(22)7-5-13/h2-7,9-10,16,18,20-22H,8,11H2,1H3/t16-,18+/m0/s1. The van der Waals surface area contributed by atoms with E-state index in [9.17, 15) is 10.2 Å². The lowest BCUT2D eigenvalue weighted by Gasteiger charge is -2.17. The molecule has 0 aromatic heterocycles. The molecule has 2 aromatic carbocycles. The molecule has 0 radical (unpaired) electrons. The molecule has 126 valence electrons. The maximum absolute atomic E-state index is 9.90. The second kappa shape index (κ2) is 6.95. The van der Waals surface area contributed by atoms with Gasteiger partial charge in [0.25, 0.3) is 0 Å². The summed E-state index contributed by atoms with van der Waals surface area (Å²) >= 11 is 0. The predicted molar refractivity (Wildman–Crippen MR) is 90.4 cm³/mol. The molecule has 0 aliphatic carbocycles. The van der Waals surface area contributed by atoms with Crippen LogP contribution in [0, 0.1) is 0 Å². The Morgan fingerprint density at radius 2 is 1.92 bits per heavy atom. The number of aliphatic hydroxyl groups is 2. The molecular weight excluding hydrogens is 308 g/mol. The van der Waals surface area contributed by atoms with Crippen LogP contribution >= 0.6 is 0 Å². The summed E-state index contributed by atoms with van der Waals surface area (Å²) < 4.78 is 11.5. The van der Waals surface area contributed by atoms with Crippen LogP contribution in [0.2, 0.25) is 0 Å². The van der Waals surface area contributed by atoms with Crippen molar-refractivity contribution in [1.82, 2.24) is 0 Å². The molecule has 0 fully saturated rings. The number of rotatable bonds is 5. The molecule has 0 saturated carbocycles. The first-order valence-electron chi connectivity index (χ1n) is 7.73. The van der Waals surface area contributed by atoms with Crippen molar-refractivity contribution in [3.05, 3.63) is 59.2 Å². The summed E-state index contributed by atoms with van der Waals surface area (Å²) in [6, 6.07) is 10.5. The Morgan fingerprint density at radius 1 is 1.17 bits per heavy atom. The first-order valence-corrected chi connectivity index (χ1v) is 7.73. The van der Waals surface area contributed by atoms with E-state index in [0.29, 0.717) is 11.5 Å². The number of hydrogen-bond donors (Lipinski definition) is 3. The molecule has 1 aliphatic rings. The van der Waals surface area contributed by atoms with E-state index >= 15 is 0 Å². The molecule has 3 rings (SSSR count). The average molecular weight is 328 g/mol. The Morgan fingerprint density at radius 3 is 2.54 bits per heavy atom. The third-order valence-electron chi connectivity index (χ3n) is 4.17. The van der Waals surface area contributed by atoms with Crippen molar-refractivity contribution in [3.63, 3.8) is 0 Å². The van der Waals surface area contributed by atoms with Crippen molar-refractivity contribution < 1.29 is 24.8 Å². The Kier molecular flexibility index (Phi) is 4.74. The van der Waals surface area contributed by atoms with Crippen LogP contribution in [0.25, 0.3) is 6.08 Å². The van der Waals surface area contributed by atoms with Crippen molar-refractivity contribution >= 4 is 6.08 Å². The molecule has 5 heteroatoms. The fraction of sp³-hybridized carbons (Fsp3) is 0.263. The van der Waals surface area contributed by atoms with Gasteiger partial charge < -0.3 is 24.8 Å². The van der Waals surface area contributed by atoms with Gasteiger partial charge in [0.2, 0.25) is 0 Å². The first kappa shape index (κ1) is 16.4. The van der Waals surface area contributed by atoms with E-state index in [4.69, 9.17) is 14.6 Å². The van der Waals surface area contributed by atoms with Crippen LogP contribution in [0.15, 0.2) is 42.5 Å². The Balaban J connectivity index is 2.03. The molecule has 0 saturated heterocycles. The Hall–Kier alpha value is -2.50. The lowest BCUT2D eigenvalue weighted by molar-refractivity contribution is 0.157. The van der Waals surface area contributed by atoms with Crippen LogP contribution < -0.4 is 9.47 Å². The Labute approximate surface area is 140 Å². The molecule has 24 heavy (non-hydrogen) atoms. The van der Waals surface area contributed by atoms with Crippen molar-refractivity contribution in [2.45, 2.75) is 12.0 Å². The van der Waals surface area contributed by atoms with Gasteiger partial charge >= 0.3 is 0 Å². The van der Waals surface area contributed by atoms with Gasteiger partial charge in [0.15, 0.2) is 11.5 Å². The zero-order valence-electron chi connectivity index (χ0n) is 13.3. The van der Waals surface area contributed by atoms with Gasteiger partial charge in [-0.1, -0.05) is 24.3 Å². The van der Waals surface area contributed by atoms with Gasteiger partial charge in [-0.05, 0) is 35.4 Å². The minimum atomic E-state index is -0.350. The van der Waals surface area contributed by atoms with E-state index in [-0.39, 0.29) is 31.0 Å². The van der Waals surface area contributed by atoms with E-state index < -0.39 is 0 Å². The number of phenols is 1. The highest BCUT2D eigenvalue weighted by Gasteiger charge is 2.37. The van der Waals surface area contributed by atoms with Gasteiger partial charge in [0.05, 0.1) is 26.2 Å². The number of aromatic hydroxyl groups is 1. The third-order valence-corrected chi connectivity index (χ3v) is 4.17. The van der Waals surface area contributed by atoms with Crippen molar-refractivity contribution in [3.8, 4) is 17.2 Å². The average Bonchev–Trinajstić information content (AvgIpc) is 2.98. The molecular formula is C19H20O5. The van der Waals surface area contributed by atoms with Gasteiger partial charge in [-0.3, -0.25) is 0 Å². The van der Waals surface area contributed by atoms with Crippen molar-refractivity contribution in [2.24, 2.45) is 0 Å². The van der Waals surface area contributed by atoms with Gasteiger partial charge in [0, 0.05) is 5.56 Å². The number of benzene rings is 2. The highest BCUT2D eigenvalue weighted by atomic mass is 16.5. The van der Waals surface area contributed by atoms with Gasteiger partial charge in [-0.2, -0.15) is 0 Å². The SMILES string of the molecule is COc1cc(C=CCO)cc2c1O[C@H](c1ccc(O)cc1)[C@H]2CO. The van der Waals surface area contributed by atoms with Crippen molar-refractivity contribution in [2.75, 3.05) is 20.3 Å². The minimum Gasteiger partial charge on any atom is -0.508 e. The highest BCUT2D eigenvalue weighted by molar-refractivity contribution is 5.62. The van der Waals surface area contributed by atoms with Crippen LogP contribution in [-0.4, -0.2) is 35.6 Å². The van der Waals surface area contributed by atoms with Crippen LogP contribution in [0.1, 0.15) is 28.7 Å². The first-order chi connectivity index (χ1) is 11.7. The van der Waals surface area contributed by atoms with Crippen LogP contribution in [-0.2, 0) is 0 Å².